The summed E-state index contributed by atoms with van der Waals surface area (Å²) in [6.45, 7) is 6.23. The molecule has 2 N–H and O–H groups in total. The fourth-order valence-corrected chi connectivity index (χ4v) is 2.52. The minimum Gasteiger partial charge on any atom is -0.497 e. The highest BCUT2D eigenvalue weighted by atomic mass is 16.5. The number of benzene rings is 2. The van der Waals surface area contributed by atoms with Crippen molar-refractivity contribution in [3.8, 4) is 11.5 Å². The molecule has 0 radical (unpaired) electrons. The topological polar surface area (TPSA) is 76.7 Å². The van der Waals surface area contributed by atoms with Crippen LogP contribution >= 0.6 is 0 Å². The Kier molecular flexibility index (Phi) is 7.23. The average molecular weight is 370 g/mol. The molecule has 0 aliphatic heterocycles. The SMILES string of the molecule is CCOc1ccc(C(=O)NC(C(=O)Nc2ccc(OC)cc2)C(C)C)cc1. The lowest BCUT2D eigenvalue weighted by atomic mass is 10.0. The Morgan fingerprint density at radius 3 is 2.07 bits per heavy atom. The Hall–Kier alpha value is -3.02. The molecule has 6 heteroatoms. The van der Waals surface area contributed by atoms with Gasteiger partial charge in [-0.25, -0.2) is 0 Å². The van der Waals surface area contributed by atoms with Gasteiger partial charge in [0.2, 0.25) is 5.91 Å². The van der Waals surface area contributed by atoms with Gasteiger partial charge in [0.05, 0.1) is 13.7 Å². The molecule has 0 aliphatic carbocycles. The van der Waals surface area contributed by atoms with Gasteiger partial charge in [-0.3, -0.25) is 9.59 Å². The quantitative estimate of drug-likeness (QED) is 0.746. The first-order valence-electron chi connectivity index (χ1n) is 8.93. The van der Waals surface area contributed by atoms with Crippen LogP contribution in [0.5, 0.6) is 11.5 Å². The van der Waals surface area contributed by atoms with E-state index in [1.54, 1.807) is 55.6 Å². The van der Waals surface area contributed by atoms with Crippen molar-refractivity contribution in [2.24, 2.45) is 5.92 Å². The van der Waals surface area contributed by atoms with E-state index in [-0.39, 0.29) is 17.7 Å². The summed E-state index contributed by atoms with van der Waals surface area (Å²) in [5.74, 6) is 0.759. The Bertz CT molecular complexity index is 755. The first-order chi connectivity index (χ1) is 12.9. The molecule has 0 bridgehead atoms. The Morgan fingerprint density at radius 1 is 0.963 bits per heavy atom. The van der Waals surface area contributed by atoms with E-state index in [1.165, 1.54) is 0 Å². The molecule has 0 spiro atoms. The predicted molar refractivity (Wildman–Crippen MR) is 105 cm³/mol. The minimum absolute atomic E-state index is 0.0742. The van der Waals surface area contributed by atoms with Gasteiger partial charge in [-0.15, -0.1) is 0 Å². The second kappa shape index (κ2) is 9.62. The van der Waals surface area contributed by atoms with Crippen LogP contribution in [0.25, 0.3) is 0 Å². The molecular formula is C21H26N2O4. The van der Waals surface area contributed by atoms with Crippen molar-refractivity contribution in [3.63, 3.8) is 0 Å². The van der Waals surface area contributed by atoms with Crippen LogP contribution in [0.3, 0.4) is 0 Å². The van der Waals surface area contributed by atoms with Gasteiger partial charge in [0.15, 0.2) is 0 Å². The van der Waals surface area contributed by atoms with E-state index in [2.05, 4.69) is 10.6 Å². The normalized spacial score (nSPS) is 11.6. The van der Waals surface area contributed by atoms with Crippen LogP contribution < -0.4 is 20.1 Å². The number of carbonyl (C=O) groups excluding carboxylic acids is 2. The highest BCUT2D eigenvalue weighted by Gasteiger charge is 2.24. The van der Waals surface area contributed by atoms with Crippen molar-refractivity contribution in [1.29, 1.82) is 0 Å². The lowest BCUT2D eigenvalue weighted by molar-refractivity contribution is -0.118. The number of hydrogen-bond donors (Lipinski definition) is 2. The maximum Gasteiger partial charge on any atom is 0.251 e. The summed E-state index contributed by atoms with van der Waals surface area (Å²) in [5, 5.41) is 5.64. The van der Waals surface area contributed by atoms with Gasteiger partial charge >= 0.3 is 0 Å². The summed E-state index contributed by atoms with van der Waals surface area (Å²) < 4.78 is 10.5. The van der Waals surface area contributed by atoms with E-state index in [4.69, 9.17) is 9.47 Å². The van der Waals surface area contributed by atoms with E-state index in [9.17, 15) is 9.59 Å². The molecule has 2 amide bonds. The lowest BCUT2D eigenvalue weighted by Crippen LogP contribution is -2.47. The molecule has 0 aliphatic rings. The van der Waals surface area contributed by atoms with Crippen molar-refractivity contribution in [3.05, 3.63) is 54.1 Å². The molecule has 144 valence electrons. The molecule has 27 heavy (non-hydrogen) atoms. The van der Waals surface area contributed by atoms with Crippen molar-refractivity contribution >= 4 is 17.5 Å². The average Bonchev–Trinajstić information content (AvgIpc) is 2.67. The standard InChI is InChI=1S/C21H26N2O4/c1-5-27-18-10-6-15(7-11-18)20(24)23-19(14(2)3)21(25)22-16-8-12-17(26-4)13-9-16/h6-14,19H,5H2,1-4H3,(H,22,25)(H,23,24). The van der Waals surface area contributed by atoms with Gasteiger partial charge in [0, 0.05) is 11.3 Å². The number of rotatable bonds is 8. The van der Waals surface area contributed by atoms with Crippen molar-refractivity contribution in [2.75, 3.05) is 19.0 Å². The molecule has 2 aromatic rings. The van der Waals surface area contributed by atoms with Gasteiger partial charge in [0.25, 0.3) is 5.91 Å². The number of methoxy groups -OCH3 is 1. The molecular weight excluding hydrogens is 344 g/mol. The third kappa shape index (κ3) is 5.74. The van der Waals surface area contributed by atoms with Crippen LogP contribution in [-0.4, -0.2) is 31.6 Å². The van der Waals surface area contributed by atoms with E-state index in [0.29, 0.717) is 29.4 Å². The Balaban J connectivity index is 2.04. The van der Waals surface area contributed by atoms with E-state index in [0.717, 1.165) is 0 Å². The molecule has 6 nitrogen and oxygen atoms in total. The van der Waals surface area contributed by atoms with Gasteiger partial charge in [0.1, 0.15) is 17.5 Å². The highest BCUT2D eigenvalue weighted by Crippen LogP contribution is 2.17. The zero-order chi connectivity index (χ0) is 19.8. The summed E-state index contributed by atoms with van der Waals surface area (Å²) in [6, 6.07) is 13.2. The maximum absolute atomic E-state index is 12.6. The minimum atomic E-state index is -0.661. The van der Waals surface area contributed by atoms with Crippen molar-refractivity contribution < 1.29 is 19.1 Å². The van der Waals surface area contributed by atoms with Crippen molar-refractivity contribution in [2.45, 2.75) is 26.8 Å². The smallest absolute Gasteiger partial charge is 0.251 e. The van der Waals surface area contributed by atoms with Crippen LogP contribution in [0.15, 0.2) is 48.5 Å². The second-order valence-corrected chi connectivity index (χ2v) is 6.37. The number of ether oxygens (including phenoxy) is 2. The number of amides is 2. The lowest BCUT2D eigenvalue weighted by Gasteiger charge is -2.22. The molecule has 2 rings (SSSR count). The first kappa shape index (κ1) is 20.3. The molecule has 0 saturated heterocycles. The monoisotopic (exact) mass is 370 g/mol. The zero-order valence-electron chi connectivity index (χ0n) is 16.1. The first-order valence-corrected chi connectivity index (χ1v) is 8.93. The summed E-state index contributed by atoms with van der Waals surface area (Å²) in [6.07, 6.45) is 0. The predicted octanol–water partition coefficient (Wildman–Crippen LogP) is 3.49. The molecule has 0 heterocycles. The number of carbonyl (C=O) groups is 2. The fourth-order valence-electron chi connectivity index (χ4n) is 2.52. The molecule has 0 aromatic heterocycles. The van der Waals surface area contributed by atoms with Crippen LogP contribution in [0.4, 0.5) is 5.69 Å². The van der Waals surface area contributed by atoms with E-state index in [1.807, 2.05) is 20.8 Å². The molecule has 1 atom stereocenters. The number of anilines is 1. The summed E-state index contributed by atoms with van der Waals surface area (Å²) >= 11 is 0. The summed E-state index contributed by atoms with van der Waals surface area (Å²) in [7, 11) is 1.58. The molecule has 0 saturated carbocycles. The van der Waals surface area contributed by atoms with Gasteiger partial charge in [-0.1, -0.05) is 13.8 Å². The van der Waals surface area contributed by atoms with Crippen LogP contribution in [0.1, 0.15) is 31.1 Å². The Labute approximate surface area is 159 Å². The maximum atomic E-state index is 12.6. The number of nitrogens with one attached hydrogen (secondary N) is 2. The van der Waals surface area contributed by atoms with Crippen LogP contribution in [0, 0.1) is 5.92 Å². The van der Waals surface area contributed by atoms with E-state index >= 15 is 0 Å². The summed E-state index contributed by atoms with van der Waals surface area (Å²) in [4.78, 5) is 25.2. The summed E-state index contributed by atoms with van der Waals surface area (Å²) in [5.41, 5.74) is 1.11. The van der Waals surface area contributed by atoms with Crippen molar-refractivity contribution in [1.82, 2.24) is 5.32 Å². The molecule has 0 fully saturated rings. The second-order valence-electron chi connectivity index (χ2n) is 6.37. The zero-order valence-corrected chi connectivity index (χ0v) is 16.1. The molecule has 2 aromatic carbocycles. The van der Waals surface area contributed by atoms with Gasteiger partial charge in [-0.2, -0.15) is 0 Å². The third-order valence-corrected chi connectivity index (χ3v) is 4.02. The van der Waals surface area contributed by atoms with Gasteiger partial charge < -0.3 is 20.1 Å². The van der Waals surface area contributed by atoms with E-state index < -0.39 is 6.04 Å². The Morgan fingerprint density at radius 2 is 1.56 bits per heavy atom. The van der Waals surface area contributed by atoms with Crippen LogP contribution in [-0.2, 0) is 4.79 Å². The fraction of sp³-hybridized carbons (Fsp3) is 0.333. The van der Waals surface area contributed by atoms with Gasteiger partial charge in [-0.05, 0) is 61.4 Å². The van der Waals surface area contributed by atoms with Crippen LogP contribution in [0.2, 0.25) is 0 Å². The molecule has 1 unspecified atom stereocenters. The highest BCUT2D eigenvalue weighted by molar-refractivity contribution is 6.01. The third-order valence-electron chi connectivity index (χ3n) is 4.02. The largest absolute Gasteiger partial charge is 0.497 e. The number of hydrogen-bond acceptors (Lipinski definition) is 4.